The third-order valence-electron chi connectivity index (χ3n) is 8.36. The van der Waals surface area contributed by atoms with E-state index in [1.807, 2.05) is 30.3 Å². The molecule has 0 N–H and O–H groups in total. The second-order valence-corrected chi connectivity index (χ2v) is 11.7. The molecule has 1 amide bonds. The predicted octanol–water partition coefficient (Wildman–Crippen LogP) is 9.81. The molecule has 2 aromatic carbocycles. The van der Waals surface area contributed by atoms with Crippen molar-refractivity contribution in [1.82, 2.24) is 9.80 Å². The van der Waals surface area contributed by atoms with E-state index in [0.717, 1.165) is 50.2 Å². The van der Waals surface area contributed by atoms with E-state index in [0.29, 0.717) is 25.5 Å². The van der Waals surface area contributed by atoms with Crippen molar-refractivity contribution in [3.8, 4) is 5.75 Å². The summed E-state index contributed by atoms with van der Waals surface area (Å²) in [4.78, 5) is 18.1. The molecular weight excluding hydrogens is 504 g/mol. The number of benzene rings is 2. The zero-order chi connectivity index (χ0) is 29.5. The molecule has 41 heavy (non-hydrogen) atoms. The molecule has 230 valence electrons. The summed E-state index contributed by atoms with van der Waals surface area (Å²) < 4.78 is 5.98. The van der Waals surface area contributed by atoms with E-state index in [2.05, 4.69) is 61.8 Å². The van der Waals surface area contributed by atoms with Gasteiger partial charge in [-0.3, -0.25) is 4.79 Å². The van der Waals surface area contributed by atoms with E-state index in [-0.39, 0.29) is 6.04 Å². The van der Waals surface area contributed by atoms with Gasteiger partial charge >= 0.3 is 0 Å². The van der Waals surface area contributed by atoms with Crippen LogP contribution in [-0.2, 0) is 17.9 Å². The predicted molar refractivity (Wildman–Crippen MR) is 175 cm³/mol. The van der Waals surface area contributed by atoms with Crippen LogP contribution < -0.4 is 4.74 Å². The molecule has 0 saturated heterocycles. The lowest BCUT2D eigenvalue weighted by atomic mass is 10.0. The second kappa shape index (κ2) is 22.3. The van der Waals surface area contributed by atoms with Crippen LogP contribution in [0.1, 0.15) is 129 Å². The molecule has 2 rings (SSSR count). The molecule has 0 bridgehead atoms. The molecule has 1 unspecified atom stereocenters. The summed E-state index contributed by atoms with van der Waals surface area (Å²) in [5.41, 5.74) is 2.33. The largest absolute Gasteiger partial charge is 0.489 e. The Hall–Kier alpha value is -2.33. The van der Waals surface area contributed by atoms with Gasteiger partial charge in [0.15, 0.2) is 0 Å². The lowest BCUT2D eigenvalue weighted by molar-refractivity contribution is -0.134. The average Bonchev–Trinajstić information content (AvgIpc) is 3.00. The van der Waals surface area contributed by atoms with E-state index < -0.39 is 0 Å². The SMILES string of the molecule is CCCCCCCCCCCCCC(=O)N(Cc1ccc(OCc2ccccc2)cc1)C(C)CCCN(CC)CC. The standard InChI is InChI=1S/C37H60N2O2/c1-5-8-9-10-11-12-13-14-15-16-20-25-37(40)39(33(4)22-21-30-38(6-2)7-3)31-34-26-28-36(29-27-34)41-32-35-23-18-17-19-24-35/h17-19,23-24,26-29,33H,5-16,20-22,25,30-32H2,1-4H3. The van der Waals surface area contributed by atoms with Crippen molar-refractivity contribution in [3.63, 3.8) is 0 Å². The molecule has 0 fully saturated rings. The Morgan fingerprint density at radius 3 is 1.88 bits per heavy atom. The van der Waals surface area contributed by atoms with Gasteiger partial charge < -0.3 is 14.5 Å². The van der Waals surface area contributed by atoms with E-state index in [9.17, 15) is 4.79 Å². The van der Waals surface area contributed by atoms with Crippen LogP contribution in [0.4, 0.5) is 0 Å². The number of hydrogen-bond acceptors (Lipinski definition) is 3. The van der Waals surface area contributed by atoms with Crippen LogP contribution in [0.3, 0.4) is 0 Å². The van der Waals surface area contributed by atoms with Gasteiger partial charge in [-0.2, -0.15) is 0 Å². The number of carbonyl (C=O) groups excluding carboxylic acids is 1. The topological polar surface area (TPSA) is 32.8 Å². The number of amides is 1. The minimum absolute atomic E-state index is 0.236. The number of hydrogen-bond donors (Lipinski definition) is 0. The van der Waals surface area contributed by atoms with Crippen LogP contribution >= 0.6 is 0 Å². The normalized spacial score (nSPS) is 12.0. The van der Waals surface area contributed by atoms with Crippen molar-refractivity contribution >= 4 is 5.91 Å². The summed E-state index contributed by atoms with van der Waals surface area (Å²) >= 11 is 0. The highest BCUT2D eigenvalue weighted by Crippen LogP contribution is 2.20. The Bertz CT molecular complexity index is 895. The summed E-state index contributed by atoms with van der Waals surface area (Å²) in [7, 11) is 0. The molecule has 0 saturated carbocycles. The lowest BCUT2D eigenvalue weighted by Gasteiger charge is -2.30. The Morgan fingerprint density at radius 2 is 1.29 bits per heavy atom. The summed E-state index contributed by atoms with van der Waals surface area (Å²) in [5, 5.41) is 0. The quantitative estimate of drug-likeness (QED) is 0.119. The third kappa shape index (κ3) is 15.5. The van der Waals surface area contributed by atoms with E-state index in [1.165, 1.54) is 69.8 Å². The fourth-order valence-electron chi connectivity index (χ4n) is 5.51. The molecule has 1 atom stereocenters. The first-order valence-electron chi connectivity index (χ1n) is 16.8. The fourth-order valence-corrected chi connectivity index (χ4v) is 5.51. The summed E-state index contributed by atoms with van der Waals surface area (Å²) in [6.07, 6.45) is 17.2. The van der Waals surface area contributed by atoms with Crippen molar-refractivity contribution in [2.75, 3.05) is 19.6 Å². The highest BCUT2D eigenvalue weighted by molar-refractivity contribution is 5.76. The molecule has 0 aliphatic rings. The summed E-state index contributed by atoms with van der Waals surface area (Å²) in [6, 6.07) is 18.8. The zero-order valence-electron chi connectivity index (χ0n) is 26.9. The Labute approximate surface area is 252 Å². The van der Waals surface area contributed by atoms with Crippen molar-refractivity contribution in [3.05, 3.63) is 65.7 Å². The van der Waals surface area contributed by atoms with Gasteiger partial charge in [0.25, 0.3) is 0 Å². The van der Waals surface area contributed by atoms with Crippen LogP contribution in [-0.4, -0.2) is 41.4 Å². The molecule has 2 aromatic rings. The highest BCUT2D eigenvalue weighted by atomic mass is 16.5. The maximum absolute atomic E-state index is 13.5. The van der Waals surface area contributed by atoms with Crippen LogP contribution in [0, 0.1) is 0 Å². The van der Waals surface area contributed by atoms with Crippen molar-refractivity contribution < 1.29 is 9.53 Å². The van der Waals surface area contributed by atoms with Crippen LogP contribution in [0.15, 0.2) is 54.6 Å². The summed E-state index contributed by atoms with van der Waals surface area (Å²) in [6.45, 7) is 13.5. The number of ether oxygens (including phenoxy) is 1. The van der Waals surface area contributed by atoms with E-state index >= 15 is 0 Å². The van der Waals surface area contributed by atoms with E-state index in [4.69, 9.17) is 4.74 Å². The number of nitrogens with zero attached hydrogens (tertiary/aromatic N) is 2. The van der Waals surface area contributed by atoms with E-state index in [1.54, 1.807) is 0 Å². The van der Waals surface area contributed by atoms with Crippen molar-refractivity contribution in [2.45, 2.75) is 137 Å². The minimum atomic E-state index is 0.236. The number of rotatable bonds is 24. The molecule has 0 radical (unpaired) electrons. The van der Waals surface area contributed by atoms with Gasteiger partial charge in [-0.05, 0) is 69.1 Å². The number of unbranched alkanes of at least 4 members (excludes halogenated alkanes) is 10. The van der Waals surface area contributed by atoms with Crippen molar-refractivity contribution in [1.29, 1.82) is 0 Å². The lowest BCUT2D eigenvalue weighted by Crippen LogP contribution is -2.38. The van der Waals surface area contributed by atoms with Crippen LogP contribution in [0.5, 0.6) is 5.75 Å². The van der Waals surface area contributed by atoms with Crippen LogP contribution in [0.25, 0.3) is 0 Å². The fraction of sp³-hybridized carbons (Fsp3) is 0.649. The first-order valence-corrected chi connectivity index (χ1v) is 16.8. The Kier molecular flexibility index (Phi) is 19.0. The first kappa shape index (κ1) is 34.9. The third-order valence-corrected chi connectivity index (χ3v) is 8.36. The number of carbonyl (C=O) groups is 1. The maximum atomic E-state index is 13.5. The molecule has 0 aromatic heterocycles. The highest BCUT2D eigenvalue weighted by Gasteiger charge is 2.20. The Morgan fingerprint density at radius 1 is 0.707 bits per heavy atom. The minimum Gasteiger partial charge on any atom is -0.489 e. The Balaban J connectivity index is 1.83. The smallest absolute Gasteiger partial charge is 0.223 e. The van der Waals surface area contributed by atoms with Gasteiger partial charge in [0, 0.05) is 19.0 Å². The molecule has 4 nitrogen and oxygen atoms in total. The van der Waals surface area contributed by atoms with Gasteiger partial charge in [0.05, 0.1) is 0 Å². The van der Waals surface area contributed by atoms with Crippen LogP contribution in [0.2, 0.25) is 0 Å². The first-order chi connectivity index (χ1) is 20.1. The van der Waals surface area contributed by atoms with Gasteiger partial charge in [0.1, 0.15) is 12.4 Å². The van der Waals surface area contributed by atoms with Gasteiger partial charge in [0.2, 0.25) is 5.91 Å². The zero-order valence-corrected chi connectivity index (χ0v) is 26.9. The molecule has 0 aliphatic carbocycles. The molecule has 0 aliphatic heterocycles. The molecule has 0 spiro atoms. The molecule has 0 heterocycles. The van der Waals surface area contributed by atoms with Crippen molar-refractivity contribution in [2.24, 2.45) is 0 Å². The molecular formula is C37H60N2O2. The second-order valence-electron chi connectivity index (χ2n) is 11.7. The monoisotopic (exact) mass is 564 g/mol. The maximum Gasteiger partial charge on any atom is 0.223 e. The van der Waals surface area contributed by atoms with Gasteiger partial charge in [-0.1, -0.05) is 127 Å². The average molecular weight is 565 g/mol. The van der Waals surface area contributed by atoms with Gasteiger partial charge in [-0.25, -0.2) is 0 Å². The summed E-state index contributed by atoms with van der Waals surface area (Å²) in [5.74, 6) is 1.17. The molecule has 4 heteroatoms. The van der Waals surface area contributed by atoms with Gasteiger partial charge in [-0.15, -0.1) is 0 Å².